The van der Waals surface area contributed by atoms with Crippen molar-refractivity contribution in [2.45, 2.75) is 0 Å². The van der Waals surface area contributed by atoms with E-state index in [1.165, 1.54) is 0 Å². The van der Waals surface area contributed by atoms with E-state index >= 15 is 0 Å². The van der Waals surface area contributed by atoms with Crippen LogP contribution < -0.4 is 11.1 Å². The predicted molar refractivity (Wildman–Crippen MR) is 124 cm³/mol. The maximum Gasteiger partial charge on any atom is 0.255 e. The summed E-state index contributed by atoms with van der Waals surface area (Å²) in [5.74, 6) is 0. The molecule has 0 unspecified atom stereocenters. The predicted octanol–water partition coefficient (Wildman–Crippen LogP) is 5.36. The lowest BCUT2D eigenvalue weighted by molar-refractivity contribution is 1.34. The summed E-state index contributed by atoms with van der Waals surface area (Å²) >= 11 is 0. The molecule has 0 amide bonds. The van der Waals surface area contributed by atoms with Crippen molar-refractivity contribution < 1.29 is 0 Å². The molecule has 1 aromatic heterocycles. The summed E-state index contributed by atoms with van der Waals surface area (Å²) in [6, 6.07) is 30.0. The Hall–Kier alpha value is -4.18. The molecule has 4 bridgehead atoms. The second kappa shape index (κ2) is 7.33. The van der Waals surface area contributed by atoms with Gasteiger partial charge in [-0.3, -0.25) is 9.59 Å². The molecule has 4 nitrogen and oxygen atoms in total. The summed E-state index contributed by atoms with van der Waals surface area (Å²) in [5, 5.41) is 4.53. The largest absolute Gasteiger partial charge is 0.321 e. The number of fused-ring (bicyclic) bond motifs is 8. The maximum atomic E-state index is 13.0. The van der Waals surface area contributed by atoms with Crippen molar-refractivity contribution in [3.8, 4) is 0 Å². The van der Waals surface area contributed by atoms with Crippen LogP contribution in [-0.4, -0.2) is 9.97 Å². The Labute approximate surface area is 171 Å². The highest BCUT2D eigenvalue weighted by Crippen LogP contribution is 2.18. The molecule has 0 atom stereocenters. The van der Waals surface area contributed by atoms with E-state index in [1.54, 1.807) is 12.1 Å². The fourth-order valence-electron chi connectivity index (χ4n) is 3.73. The average molecular weight is 390 g/mol. The summed E-state index contributed by atoms with van der Waals surface area (Å²) in [4.78, 5) is 32.1. The van der Waals surface area contributed by atoms with E-state index < -0.39 is 0 Å². The van der Waals surface area contributed by atoms with Gasteiger partial charge in [0.05, 0.1) is 0 Å². The van der Waals surface area contributed by atoms with Gasteiger partial charge in [0.1, 0.15) is 0 Å². The van der Waals surface area contributed by atoms with Gasteiger partial charge >= 0.3 is 0 Å². The number of benzene rings is 4. The van der Waals surface area contributed by atoms with Crippen LogP contribution in [-0.2, 0) is 0 Å². The zero-order chi connectivity index (χ0) is 20.5. The van der Waals surface area contributed by atoms with Crippen LogP contribution in [0, 0.1) is 0 Å². The van der Waals surface area contributed by atoms with Gasteiger partial charge in [0.25, 0.3) is 11.1 Å². The van der Waals surface area contributed by atoms with Crippen LogP contribution in [0.15, 0.2) is 107 Å². The molecule has 0 aliphatic rings. The van der Waals surface area contributed by atoms with Crippen LogP contribution in [0.3, 0.4) is 0 Å². The van der Waals surface area contributed by atoms with Gasteiger partial charge in [-0.15, -0.1) is 0 Å². The summed E-state index contributed by atoms with van der Waals surface area (Å²) in [6.45, 7) is 0. The van der Waals surface area contributed by atoms with E-state index in [-0.39, 0.29) is 11.1 Å². The van der Waals surface area contributed by atoms with Crippen LogP contribution in [0.2, 0.25) is 0 Å². The molecule has 0 aliphatic carbocycles. The third-order valence-corrected chi connectivity index (χ3v) is 5.22. The SMILES string of the molecule is O=c1[nH]c2ccccc2c2cccc(c2)c(=O)[nH]c2ccccc2c2cccc1c2. The van der Waals surface area contributed by atoms with Gasteiger partial charge in [-0.25, -0.2) is 0 Å². The molecule has 0 radical (unpaired) electrons. The number of aromatic nitrogens is 2. The zero-order valence-electron chi connectivity index (χ0n) is 16.1. The van der Waals surface area contributed by atoms with E-state index in [9.17, 15) is 9.59 Å². The third kappa shape index (κ3) is 3.25. The fourth-order valence-corrected chi connectivity index (χ4v) is 3.73. The molecular formula is C26H18N2O2. The molecule has 144 valence electrons. The van der Waals surface area contributed by atoms with Crippen molar-refractivity contribution in [3.63, 3.8) is 0 Å². The number of aromatic amines is 2. The topological polar surface area (TPSA) is 65.7 Å². The number of H-pyrrole nitrogens is 2. The number of hydrogen-bond acceptors (Lipinski definition) is 2. The maximum absolute atomic E-state index is 13.0. The molecule has 1 heterocycles. The molecular weight excluding hydrogens is 372 g/mol. The van der Waals surface area contributed by atoms with Crippen LogP contribution >= 0.6 is 0 Å². The monoisotopic (exact) mass is 390 g/mol. The number of nitrogens with one attached hydrogen (secondary N) is 2. The molecule has 4 aromatic carbocycles. The van der Waals surface area contributed by atoms with Gasteiger partial charge in [0.15, 0.2) is 0 Å². The quantitative estimate of drug-likeness (QED) is 0.374. The van der Waals surface area contributed by atoms with Crippen molar-refractivity contribution in [2.75, 3.05) is 0 Å². The average Bonchev–Trinajstić information content (AvgIpc) is 2.79. The summed E-state index contributed by atoms with van der Waals surface area (Å²) in [5.41, 5.74) is 1.03. The third-order valence-electron chi connectivity index (χ3n) is 5.22. The molecule has 0 saturated carbocycles. The van der Waals surface area contributed by atoms with Crippen molar-refractivity contribution in [1.82, 2.24) is 9.97 Å². The first-order valence-corrected chi connectivity index (χ1v) is 9.71. The van der Waals surface area contributed by atoms with E-state index in [4.69, 9.17) is 0 Å². The molecule has 5 aromatic rings. The molecule has 0 saturated heterocycles. The Kier molecular flexibility index (Phi) is 4.37. The van der Waals surface area contributed by atoms with Crippen molar-refractivity contribution in [2.24, 2.45) is 0 Å². The fraction of sp³-hybridized carbons (Fsp3) is 0. The molecule has 30 heavy (non-hydrogen) atoms. The lowest BCUT2D eigenvalue weighted by atomic mass is 10.1. The van der Waals surface area contributed by atoms with Gasteiger partial charge in [0.2, 0.25) is 0 Å². The van der Waals surface area contributed by atoms with Crippen LogP contribution in [0.5, 0.6) is 0 Å². The van der Waals surface area contributed by atoms with Gasteiger partial charge < -0.3 is 9.97 Å². The van der Waals surface area contributed by atoms with Crippen LogP contribution in [0.4, 0.5) is 0 Å². The normalized spacial score (nSPS) is 10.9. The Balaban J connectivity index is 2.12. The summed E-state index contributed by atoms with van der Waals surface area (Å²) < 4.78 is 0. The minimum Gasteiger partial charge on any atom is -0.321 e. The van der Waals surface area contributed by atoms with E-state index in [2.05, 4.69) is 9.97 Å². The van der Waals surface area contributed by atoms with Crippen molar-refractivity contribution in [3.05, 3.63) is 118 Å². The molecule has 0 aliphatic heterocycles. The minimum atomic E-state index is -0.181. The van der Waals surface area contributed by atoms with Crippen molar-refractivity contribution in [1.29, 1.82) is 0 Å². The van der Waals surface area contributed by atoms with Crippen LogP contribution in [0.1, 0.15) is 0 Å². The Bertz CT molecular complexity index is 1520. The second-order valence-electron chi connectivity index (χ2n) is 7.16. The number of para-hydroxylation sites is 2. The van der Waals surface area contributed by atoms with Gasteiger partial charge in [-0.2, -0.15) is 0 Å². The highest BCUT2D eigenvalue weighted by Gasteiger charge is 1.99. The first kappa shape index (κ1) is 17.9. The lowest BCUT2D eigenvalue weighted by Crippen LogP contribution is -2.03. The molecule has 4 heteroatoms. The Morgan fingerprint density at radius 1 is 0.433 bits per heavy atom. The minimum absolute atomic E-state index is 0.181. The standard InChI is InChI=1S/C26H18N2O2/c29-25-20-10-6-8-18(16-20)22-12-2-4-14-24(22)28-26(30)19-9-5-7-17(15-19)21-11-1-3-13-23(21)27-25/h1-16H,(H,27,29)(H,28,30). The number of rotatable bonds is 0. The lowest BCUT2D eigenvalue weighted by Gasteiger charge is -2.00. The molecule has 0 spiro atoms. The van der Waals surface area contributed by atoms with E-state index in [0.717, 1.165) is 21.5 Å². The molecule has 0 fully saturated rings. The highest BCUT2D eigenvalue weighted by atomic mass is 16.1. The zero-order valence-corrected chi connectivity index (χ0v) is 16.1. The van der Waals surface area contributed by atoms with Gasteiger partial charge in [0, 0.05) is 32.6 Å². The molecule has 5 rings (SSSR count). The molecule has 2 N–H and O–H groups in total. The Morgan fingerprint density at radius 2 is 0.833 bits per heavy atom. The van der Waals surface area contributed by atoms with Crippen molar-refractivity contribution >= 4 is 43.4 Å². The first-order valence-electron chi connectivity index (χ1n) is 9.71. The van der Waals surface area contributed by atoms with E-state index in [1.807, 2.05) is 84.9 Å². The van der Waals surface area contributed by atoms with Crippen LogP contribution in [0.25, 0.3) is 43.4 Å². The summed E-state index contributed by atoms with van der Waals surface area (Å²) in [6.07, 6.45) is 0. The first-order chi connectivity index (χ1) is 14.7. The van der Waals surface area contributed by atoms with E-state index in [0.29, 0.717) is 21.8 Å². The summed E-state index contributed by atoms with van der Waals surface area (Å²) in [7, 11) is 0. The second-order valence-corrected chi connectivity index (χ2v) is 7.16. The smallest absolute Gasteiger partial charge is 0.255 e. The Morgan fingerprint density at radius 3 is 1.30 bits per heavy atom. The van der Waals surface area contributed by atoms with Gasteiger partial charge in [-0.1, -0.05) is 60.7 Å². The number of hydrogen-bond donors (Lipinski definition) is 2. The van der Waals surface area contributed by atoms with Gasteiger partial charge in [-0.05, 0) is 47.2 Å². The highest BCUT2D eigenvalue weighted by molar-refractivity contribution is 5.97.